The lowest BCUT2D eigenvalue weighted by molar-refractivity contribution is -0.142. The van der Waals surface area contributed by atoms with E-state index < -0.39 is 42.0 Å². The molecule has 1 saturated heterocycles. The van der Waals surface area contributed by atoms with Crippen LogP contribution in [0, 0.1) is 0 Å². The van der Waals surface area contributed by atoms with Crippen LogP contribution in [-0.4, -0.2) is 76.7 Å². The quantitative estimate of drug-likeness (QED) is 0.174. The Kier molecular flexibility index (Phi) is 10.3. The molecule has 0 aromatic rings. The third-order valence-electron chi connectivity index (χ3n) is 4.67. The Balaban J connectivity index is 2.63. The van der Waals surface area contributed by atoms with Gasteiger partial charge in [-0.25, -0.2) is 4.79 Å². The Hall–Kier alpha value is -1.85. The minimum absolute atomic E-state index is 0.0747. The van der Waals surface area contributed by atoms with Gasteiger partial charge in [-0.1, -0.05) is 6.42 Å². The lowest BCUT2D eigenvalue weighted by Crippen LogP contribution is -2.56. The van der Waals surface area contributed by atoms with Crippen LogP contribution in [0.4, 0.5) is 0 Å². The fourth-order valence-corrected chi connectivity index (χ4v) is 3.25. The number of likely N-dealkylation sites (tertiary alicyclic amines) is 1. The SMILES string of the molecule is CC(NC(=O)C1CCCN1C(=O)C(N)CCCCN)C(=O)NC(CS)C(=O)O. The molecule has 4 atom stereocenters. The van der Waals surface area contributed by atoms with E-state index >= 15 is 0 Å². The highest BCUT2D eigenvalue weighted by Gasteiger charge is 2.37. The molecule has 7 N–H and O–H groups in total. The second kappa shape index (κ2) is 11.9. The summed E-state index contributed by atoms with van der Waals surface area (Å²) in [5, 5.41) is 13.8. The topological polar surface area (TPSA) is 168 Å². The van der Waals surface area contributed by atoms with E-state index in [1.165, 1.54) is 11.8 Å². The third-order valence-corrected chi connectivity index (χ3v) is 5.04. The zero-order valence-corrected chi connectivity index (χ0v) is 17.0. The van der Waals surface area contributed by atoms with Gasteiger partial charge >= 0.3 is 5.97 Å². The summed E-state index contributed by atoms with van der Waals surface area (Å²) >= 11 is 3.88. The molecule has 10 nitrogen and oxygen atoms in total. The van der Waals surface area contributed by atoms with Crippen molar-refractivity contribution >= 4 is 36.3 Å². The highest BCUT2D eigenvalue weighted by Crippen LogP contribution is 2.19. The first-order valence-corrected chi connectivity index (χ1v) is 10.1. The summed E-state index contributed by atoms with van der Waals surface area (Å²) in [6.07, 6.45) is 3.17. The number of unbranched alkanes of at least 4 members (excludes halogenated alkanes) is 1. The molecule has 0 spiro atoms. The highest BCUT2D eigenvalue weighted by molar-refractivity contribution is 7.80. The molecule has 1 aliphatic rings. The zero-order chi connectivity index (χ0) is 21.3. The number of hydrogen-bond acceptors (Lipinski definition) is 7. The van der Waals surface area contributed by atoms with Crippen LogP contribution in [0.25, 0.3) is 0 Å². The number of carbonyl (C=O) groups is 4. The lowest BCUT2D eigenvalue weighted by atomic mass is 10.1. The molecule has 3 amide bonds. The minimum atomic E-state index is -1.21. The van der Waals surface area contributed by atoms with Crippen molar-refractivity contribution < 1.29 is 24.3 Å². The molecule has 0 saturated carbocycles. The zero-order valence-electron chi connectivity index (χ0n) is 16.1. The molecule has 0 bridgehead atoms. The summed E-state index contributed by atoms with van der Waals surface area (Å²) in [6, 6.07) is -3.48. The first-order chi connectivity index (χ1) is 13.2. The highest BCUT2D eigenvalue weighted by atomic mass is 32.1. The molecule has 0 aromatic carbocycles. The van der Waals surface area contributed by atoms with E-state index in [0.29, 0.717) is 32.4 Å². The van der Waals surface area contributed by atoms with Crippen LogP contribution in [0.2, 0.25) is 0 Å². The van der Waals surface area contributed by atoms with Gasteiger partial charge in [-0.15, -0.1) is 0 Å². The molecule has 11 heteroatoms. The van der Waals surface area contributed by atoms with Crippen LogP contribution in [0.15, 0.2) is 0 Å². The first-order valence-electron chi connectivity index (χ1n) is 9.43. The molecular weight excluding hydrogens is 386 g/mol. The van der Waals surface area contributed by atoms with Crippen molar-refractivity contribution in [1.29, 1.82) is 0 Å². The van der Waals surface area contributed by atoms with Gasteiger partial charge in [0.2, 0.25) is 17.7 Å². The fraction of sp³-hybridized carbons (Fsp3) is 0.765. The van der Waals surface area contributed by atoms with Crippen molar-refractivity contribution in [3.63, 3.8) is 0 Å². The Morgan fingerprint density at radius 2 is 1.93 bits per heavy atom. The van der Waals surface area contributed by atoms with Gasteiger partial charge in [0.05, 0.1) is 6.04 Å². The summed E-state index contributed by atoms with van der Waals surface area (Å²) in [7, 11) is 0. The molecule has 1 rings (SSSR count). The summed E-state index contributed by atoms with van der Waals surface area (Å²) < 4.78 is 0. The fourth-order valence-electron chi connectivity index (χ4n) is 3.01. The molecule has 0 aliphatic carbocycles. The van der Waals surface area contributed by atoms with Crippen LogP contribution in [0.5, 0.6) is 0 Å². The van der Waals surface area contributed by atoms with E-state index in [1.807, 2.05) is 0 Å². The van der Waals surface area contributed by atoms with Gasteiger partial charge < -0.3 is 32.1 Å². The second-order valence-electron chi connectivity index (χ2n) is 6.89. The molecule has 160 valence electrons. The number of nitrogens with two attached hydrogens (primary N) is 2. The van der Waals surface area contributed by atoms with Crippen LogP contribution in [0.3, 0.4) is 0 Å². The van der Waals surface area contributed by atoms with Gasteiger partial charge in [0.25, 0.3) is 0 Å². The van der Waals surface area contributed by atoms with Crippen molar-refractivity contribution in [3.05, 3.63) is 0 Å². The lowest BCUT2D eigenvalue weighted by Gasteiger charge is -2.28. The summed E-state index contributed by atoms with van der Waals surface area (Å²) in [5.74, 6) is -2.66. The van der Waals surface area contributed by atoms with E-state index in [2.05, 4.69) is 23.3 Å². The number of carboxylic acids is 1. The van der Waals surface area contributed by atoms with Crippen molar-refractivity contribution in [3.8, 4) is 0 Å². The molecule has 1 fully saturated rings. The normalized spacial score (nSPS) is 19.6. The molecule has 4 unspecified atom stereocenters. The Labute approximate surface area is 170 Å². The minimum Gasteiger partial charge on any atom is -0.480 e. The number of carboxylic acid groups (broad SMARTS) is 1. The summed E-state index contributed by atoms with van der Waals surface area (Å²) in [4.78, 5) is 49.7. The number of carbonyl (C=O) groups excluding carboxylic acids is 3. The molecule has 1 heterocycles. The van der Waals surface area contributed by atoms with E-state index in [4.69, 9.17) is 16.6 Å². The monoisotopic (exact) mass is 417 g/mol. The van der Waals surface area contributed by atoms with Crippen LogP contribution < -0.4 is 22.1 Å². The second-order valence-corrected chi connectivity index (χ2v) is 7.26. The average Bonchev–Trinajstić information content (AvgIpc) is 3.14. The predicted molar refractivity (Wildman–Crippen MR) is 107 cm³/mol. The number of nitrogens with one attached hydrogen (secondary N) is 2. The van der Waals surface area contributed by atoms with Crippen LogP contribution in [-0.2, 0) is 19.2 Å². The Morgan fingerprint density at radius 1 is 1.25 bits per heavy atom. The van der Waals surface area contributed by atoms with E-state index in [-0.39, 0.29) is 11.7 Å². The van der Waals surface area contributed by atoms with E-state index in [1.54, 1.807) is 0 Å². The van der Waals surface area contributed by atoms with Gasteiger partial charge in [0.1, 0.15) is 18.1 Å². The number of aliphatic carboxylic acids is 1. The molecule has 28 heavy (non-hydrogen) atoms. The third kappa shape index (κ3) is 6.95. The maximum absolute atomic E-state index is 12.6. The maximum Gasteiger partial charge on any atom is 0.327 e. The first kappa shape index (κ1) is 24.2. The summed E-state index contributed by atoms with van der Waals surface area (Å²) in [5.41, 5.74) is 11.4. The molecular formula is C17H31N5O5S. The number of thiol groups is 1. The van der Waals surface area contributed by atoms with Gasteiger partial charge in [-0.3, -0.25) is 14.4 Å². The Bertz CT molecular complexity index is 576. The number of amides is 3. The van der Waals surface area contributed by atoms with Crippen LogP contribution in [0.1, 0.15) is 39.0 Å². The van der Waals surface area contributed by atoms with Crippen molar-refractivity contribution in [2.45, 2.75) is 63.2 Å². The van der Waals surface area contributed by atoms with Gasteiger partial charge in [0.15, 0.2) is 0 Å². The van der Waals surface area contributed by atoms with Gasteiger partial charge in [0, 0.05) is 12.3 Å². The standard InChI is InChI=1S/C17H31N5O5S/c1-10(14(23)21-12(9-28)17(26)27)20-15(24)13-6-4-8-22(13)16(25)11(19)5-2-3-7-18/h10-13,28H,2-9,18-19H2,1H3,(H,20,24)(H,21,23)(H,26,27). The molecule has 0 radical (unpaired) electrons. The van der Waals surface area contributed by atoms with Crippen LogP contribution >= 0.6 is 12.6 Å². The smallest absolute Gasteiger partial charge is 0.327 e. The largest absolute Gasteiger partial charge is 0.480 e. The molecule has 0 aromatic heterocycles. The van der Waals surface area contributed by atoms with Gasteiger partial charge in [-0.2, -0.15) is 12.6 Å². The maximum atomic E-state index is 12.6. The predicted octanol–water partition coefficient (Wildman–Crippen LogP) is -1.56. The number of rotatable bonds is 11. The number of hydrogen-bond donors (Lipinski definition) is 6. The van der Waals surface area contributed by atoms with Crippen molar-refractivity contribution in [1.82, 2.24) is 15.5 Å². The van der Waals surface area contributed by atoms with E-state index in [0.717, 1.165) is 12.8 Å². The average molecular weight is 418 g/mol. The van der Waals surface area contributed by atoms with Crippen molar-refractivity contribution in [2.24, 2.45) is 11.5 Å². The Morgan fingerprint density at radius 3 is 2.50 bits per heavy atom. The van der Waals surface area contributed by atoms with Gasteiger partial charge in [-0.05, 0) is 39.2 Å². The summed E-state index contributed by atoms with van der Waals surface area (Å²) in [6.45, 7) is 2.42. The molecule has 1 aliphatic heterocycles. The van der Waals surface area contributed by atoms with E-state index in [9.17, 15) is 19.2 Å². The van der Waals surface area contributed by atoms with Crippen molar-refractivity contribution in [2.75, 3.05) is 18.8 Å². The number of nitrogens with zero attached hydrogens (tertiary/aromatic N) is 1.